The predicted octanol–water partition coefficient (Wildman–Crippen LogP) is 0.440. The van der Waals surface area contributed by atoms with Crippen LogP contribution in [-0.4, -0.2) is 34.9 Å². The van der Waals surface area contributed by atoms with Crippen molar-refractivity contribution >= 4 is 9.84 Å². The molecule has 1 fully saturated rings. The van der Waals surface area contributed by atoms with Crippen LogP contribution in [0.25, 0.3) is 0 Å². The van der Waals surface area contributed by atoms with E-state index in [1.807, 2.05) is 4.57 Å². The van der Waals surface area contributed by atoms with E-state index in [1.165, 1.54) is 0 Å². The Labute approximate surface area is 100 Å². The van der Waals surface area contributed by atoms with Gasteiger partial charge in [-0.3, -0.25) is 0 Å². The van der Waals surface area contributed by atoms with Crippen molar-refractivity contribution in [3.05, 3.63) is 17.7 Å². The molecule has 17 heavy (non-hydrogen) atoms. The van der Waals surface area contributed by atoms with Gasteiger partial charge in [0.2, 0.25) is 0 Å². The van der Waals surface area contributed by atoms with E-state index in [-0.39, 0.29) is 11.9 Å². The number of hydrogen-bond acceptors (Lipinski definition) is 4. The molecule has 0 spiro atoms. The molecule has 94 valence electrons. The molecular weight excluding hydrogens is 240 g/mol. The molecular formula is C11H16N2O3S. The Kier molecular flexibility index (Phi) is 2.52. The highest BCUT2D eigenvalue weighted by Crippen LogP contribution is 2.35. The van der Waals surface area contributed by atoms with Crippen molar-refractivity contribution in [1.29, 1.82) is 0 Å². The zero-order valence-corrected chi connectivity index (χ0v) is 10.4. The van der Waals surface area contributed by atoms with Crippen LogP contribution in [0.15, 0.2) is 6.20 Å². The first-order valence-electron chi connectivity index (χ1n) is 6.02. The molecule has 2 atom stereocenters. The summed E-state index contributed by atoms with van der Waals surface area (Å²) in [7, 11) is -3.00. The van der Waals surface area contributed by atoms with Crippen molar-refractivity contribution in [2.45, 2.75) is 43.6 Å². The van der Waals surface area contributed by atoms with Gasteiger partial charge in [0.25, 0.3) is 0 Å². The predicted molar refractivity (Wildman–Crippen MR) is 62.3 cm³/mol. The number of aliphatic hydroxyl groups excluding tert-OH is 1. The molecule has 3 heterocycles. The van der Waals surface area contributed by atoms with Crippen molar-refractivity contribution in [2.75, 3.05) is 5.75 Å². The molecule has 2 aliphatic rings. The summed E-state index contributed by atoms with van der Waals surface area (Å²) >= 11 is 0. The molecule has 2 unspecified atom stereocenters. The Bertz CT molecular complexity index is 535. The number of aromatic nitrogens is 2. The summed E-state index contributed by atoms with van der Waals surface area (Å²) in [6.07, 6.45) is 4.08. The average molecular weight is 256 g/mol. The summed E-state index contributed by atoms with van der Waals surface area (Å²) in [5, 5.41) is 9.15. The van der Waals surface area contributed by atoms with E-state index < -0.39 is 15.1 Å². The minimum atomic E-state index is -3.00. The number of aliphatic hydroxyl groups is 1. The summed E-state index contributed by atoms with van der Waals surface area (Å²) in [5.41, 5.74) is 0.959. The van der Waals surface area contributed by atoms with Gasteiger partial charge in [-0.1, -0.05) is 0 Å². The third-order valence-corrected chi connectivity index (χ3v) is 5.89. The van der Waals surface area contributed by atoms with Gasteiger partial charge in [0.1, 0.15) is 11.1 Å². The van der Waals surface area contributed by atoms with E-state index >= 15 is 0 Å². The van der Waals surface area contributed by atoms with Crippen LogP contribution in [0.1, 0.15) is 36.0 Å². The molecule has 0 bridgehead atoms. The van der Waals surface area contributed by atoms with E-state index in [4.69, 9.17) is 0 Å². The lowest BCUT2D eigenvalue weighted by Crippen LogP contribution is -2.25. The van der Waals surface area contributed by atoms with Crippen LogP contribution in [0, 0.1) is 0 Å². The Hall–Kier alpha value is -0.880. The molecule has 6 heteroatoms. The smallest absolute Gasteiger partial charge is 0.160 e. The molecule has 2 aliphatic heterocycles. The van der Waals surface area contributed by atoms with E-state index in [2.05, 4.69) is 4.98 Å². The first-order valence-corrected chi connectivity index (χ1v) is 7.73. The highest BCUT2D eigenvalue weighted by atomic mass is 32.2. The molecule has 0 aliphatic carbocycles. The fraction of sp³-hybridized carbons (Fsp3) is 0.727. The molecule has 1 N–H and O–H groups in total. The van der Waals surface area contributed by atoms with Gasteiger partial charge < -0.3 is 9.67 Å². The second kappa shape index (κ2) is 3.81. The van der Waals surface area contributed by atoms with Crippen LogP contribution in [-0.2, 0) is 22.8 Å². The van der Waals surface area contributed by atoms with E-state index in [0.717, 1.165) is 12.1 Å². The molecule has 0 radical (unpaired) electrons. The largest absolute Gasteiger partial charge is 0.393 e. The maximum atomic E-state index is 11.9. The minimum Gasteiger partial charge on any atom is -0.393 e. The third-order valence-electron chi connectivity index (χ3n) is 3.72. The minimum absolute atomic E-state index is 0.280. The zero-order valence-electron chi connectivity index (χ0n) is 9.54. The van der Waals surface area contributed by atoms with Gasteiger partial charge in [-0.05, 0) is 19.3 Å². The summed E-state index contributed by atoms with van der Waals surface area (Å²) in [6.45, 7) is 0.678. The zero-order chi connectivity index (χ0) is 12.0. The highest BCUT2D eigenvalue weighted by molar-refractivity contribution is 7.91. The average Bonchev–Trinajstić information content (AvgIpc) is 2.80. The van der Waals surface area contributed by atoms with E-state index in [9.17, 15) is 13.5 Å². The Balaban J connectivity index is 2.00. The molecule has 1 aromatic heterocycles. The topological polar surface area (TPSA) is 72.2 Å². The monoisotopic (exact) mass is 256 g/mol. The Morgan fingerprint density at radius 3 is 2.94 bits per heavy atom. The summed E-state index contributed by atoms with van der Waals surface area (Å²) in [6, 6.07) is 0. The van der Waals surface area contributed by atoms with Crippen molar-refractivity contribution in [2.24, 2.45) is 0 Å². The summed E-state index contributed by atoms with van der Waals surface area (Å²) in [5.74, 6) is 0.965. The Morgan fingerprint density at radius 1 is 1.41 bits per heavy atom. The van der Waals surface area contributed by atoms with Crippen molar-refractivity contribution in [3.8, 4) is 0 Å². The lowest BCUT2D eigenvalue weighted by atomic mass is 10.1. The normalized spacial score (nSPS) is 31.4. The van der Waals surface area contributed by atoms with Crippen molar-refractivity contribution < 1.29 is 13.5 Å². The van der Waals surface area contributed by atoms with Crippen LogP contribution in [0.4, 0.5) is 0 Å². The molecule has 1 aromatic rings. The molecule has 1 saturated heterocycles. The first kappa shape index (κ1) is 11.2. The highest BCUT2D eigenvalue weighted by Gasteiger charge is 2.37. The second-order valence-corrected chi connectivity index (χ2v) is 7.21. The van der Waals surface area contributed by atoms with Gasteiger partial charge in [-0.15, -0.1) is 0 Å². The van der Waals surface area contributed by atoms with E-state index in [1.54, 1.807) is 6.20 Å². The molecule has 0 saturated carbocycles. The summed E-state index contributed by atoms with van der Waals surface area (Å²) < 4.78 is 25.8. The van der Waals surface area contributed by atoms with Gasteiger partial charge in [0, 0.05) is 24.9 Å². The van der Waals surface area contributed by atoms with Gasteiger partial charge in [-0.2, -0.15) is 0 Å². The van der Waals surface area contributed by atoms with E-state index in [0.29, 0.717) is 31.6 Å². The second-order valence-electron chi connectivity index (χ2n) is 4.90. The van der Waals surface area contributed by atoms with Crippen LogP contribution >= 0.6 is 0 Å². The lowest BCUT2D eigenvalue weighted by molar-refractivity contribution is 0.142. The quantitative estimate of drug-likeness (QED) is 0.791. The van der Waals surface area contributed by atoms with Gasteiger partial charge in [-0.25, -0.2) is 13.4 Å². The SMILES string of the molecule is O=S1(=O)CCCC1c1ncc2n1CCC(O)C2. The van der Waals surface area contributed by atoms with Crippen molar-refractivity contribution in [1.82, 2.24) is 9.55 Å². The van der Waals surface area contributed by atoms with Gasteiger partial charge in [0.15, 0.2) is 9.84 Å². The van der Waals surface area contributed by atoms with Crippen LogP contribution in [0.2, 0.25) is 0 Å². The number of hydrogen-bond donors (Lipinski definition) is 1. The van der Waals surface area contributed by atoms with Crippen molar-refractivity contribution in [3.63, 3.8) is 0 Å². The first-order chi connectivity index (χ1) is 8.08. The third kappa shape index (κ3) is 1.79. The molecule has 0 amide bonds. The lowest BCUT2D eigenvalue weighted by Gasteiger charge is -2.22. The maximum absolute atomic E-state index is 11.9. The van der Waals surface area contributed by atoms with Crippen LogP contribution in [0.5, 0.6) is 0 Å². The number of imidazole rings is 1. The standard InChI is InChI=1S/C11H16N2O3S/c14-9-3-4-13-8(6-9)7-12-11(13)10-2-1-5-17(10,15)16/h7,9-10,14H,1-6H2. The molecule has 0 aromatic carbocycles. The summed E-state index contributed by atoms with van der Waals surface area (Å²) in [4.78, 5) is 4.28. The number of sulfone groups is 1. The number of rotatable bonds is 1. The van der Waals surface area contributed by atoms with Gasteiger partial charge in [0.05, 0.1) is 11.9 Å². The fourth-order valence-corrected chi connectivity index (χ4v) is 4.70. The fourth-order valence-electron chi connectivity index (χ4n) is 2.81. The molecule has 3 rings (SSSR count). The van der Waals surface area contributed by atoms with Gasteiger partial charge >= 0.3 is 0 Å². The Morgan fingerprint density at radius 2 is 2.24 bits per heavy atom. The molecule has 5 nitrogen and oxygen atoms in total. The van der Waals surface area contributed by atoms with Crippen LogP contribution < -0.4 is 0 Å². The number of fused-ring (bicyclic) bond motifs is 1. The maximum Gasteiger partial charge on any atom is 0.160 e. The number of nitrogens with zero attached hydrogens (tertiary/aromatic N) is 2. The van der Waals surface area contributed by atoms with Crippen LogP contribution in [0.3, 0.4) is 0 Å².